The molecule has 0 aliphatic rings. The van der Waals surface area contributed by atoms with Crippen LogP contribution in [0.5, 0.6) is 0 Å². The zero-order chi connectivity index (χ0) is 12.1. The SMILES string of the molecule is O=C(Cl)N(Nc1ccccc1)c1ccccc1. The maximum absolute atomic E-state index is 11.4. The first-order valence-electron chi connectivity index (χ1n) is 5.14. The van der Waals surface area contributed by atoms with Gasteiger partial charge in [-0.1, -0.05) is 36.4 Å². The zero-order valence-electron chi connectivity index (χ0n) is 9.01. The summed E-state index contributed by atoms with van der Waals surface area (Å²) in [6, 6.07) is 18.5. The normalized spacial score (nSPS) is 9.71. The van der Waals surface area contributed by atoms with Crippen LogP contribution in [-0.2, 0) is 0 Å². The van der Waals surface area contributed by atoms with E-state index < -0.39 is 5.37 Å². The molecule has 0 aliphatic carbocycles. The van der Waals surface area contributed by atoms with Crippen LogP contribution in [-0.4, -0.2) is 5.37 Å². The van der Waals surface area contributed by atoms with E-state index in [1.54, 1.807) is 12.1 Å². The van der Waals surface area contributed by atoms with Gasteiger partial charge in [0.1, 0.15) is 0 Å². The third kappa shape index (κ3) is 2.98. The molecule has 17 heavy (non-hydrogen) atoms. The third-order valence-corrected chi connectivity index (χ3v) is 2.37. The van der Waals surface area contributed by atoms with E-state index in [1.807, 2.05) is 48.5 Å². The summed E-state index contributed by atoms with van der Waals surface area (Å²) in [5, 5.41) is 0.705. The lowest BCUT2D eigenvalue weighted by atomic mass is 10.3. The molecular weight excluding hydrogens is 236 g/mol. The lowest BCUT2D eigenvalue weighted by Gasteiger charge is -2.21. The molecule has 0 fully saturated rings. The number of carbonyl (C=O) groups is 1. The quantitative estimate of drug-likeness (QED) is 0.506. The minimum atomic E-state index is -0.583. The van der Waals surface area contributed by atoms with Crippen molar-refractivity contribution in [3.05, 3.63) is 60.7 Å². The minimum Gasteiger partial charge on any atom is -0.290 e. The van der Waals surface area contributed by atoms with Crippen LogP contribution in [0.4, 0.5) is 16.2 Å². The fourth-order valence-corrected chi connectivity index (χ4v) is 1.57. The van der Waals surface area contributed by atoms with Gasteiger partial charge in [0, 0.05) is 0 Å². The Bertz CT molecular complexity index is 487. The number of hydrogen-bond donors (Lipinski definition) is 1. The Morgan fingerprint density at radius 1 is 0.941 bits per heavy atom. The van der Waals surface area contributed by atoms with E-state index in [9.17, 15) is 4.79 Å². The van der Waals surface area contributed by atoms with Crippen molar-refractivity contribution in [1.29, 1.82) is 0 Å². The molecule has 0 heterocycles. The van der Waals surface area contributed by atoms with Crippen molar-refractivity contribution in [2.45, 2.75) is 0 Å². The molecule has 1 N–H and O–H groups in total. The van der Waals surface area contributed by atoms with Gasteiger partial charge in [0.15, 0.2) is 0 Å². The van der Waals surface area contributed by atoms with Crippen LogP contribution in [0.3, 0.4) is 0 Å². The lowest BCUT2D eigenvalue weighted by molar-refractivity contribution is 0.265. The molecule has 0 aliphatic heterocycles. The van der Waals surface area contributed by atoms with Gasteiger partial charge in [-0.3, -0.25) is 10.2 Å². The molecule has 0 unspecified atom stereocenters. The maximum Gasteiger partial charge on any atom is 0.339 e. The van der Waals surface area contributed by atoms with Crippen molar-refractivity contribution < 1.29 is 4.79 Å². The van der Waals surface area contributed by atoms with E-state index in [0.29, 0.717) is 5.69 Å². The van der Waals surface area contributed by atoms with Gasteiger partial charge in [-0.15, -0.1) is 0 Å². The first-order valence-corrected chi connectivity index (χ1v) is 5.51. The van der Waals surface area contributed by atoms with Gasteiger partial charge in [0.05, 0.1) is 11.4 Å². The topological polar surface area (TPSA) is 32.3 Å². The molecule has 0 aromatic heterocycles. The molecule has 0 radical (unpaired) electrons. The van der Waals surface area contributed by atoms with Crippen molar-refractivity contribution in [3.8, 4) is 0 Å². The Morgan fingerprint density at radius 3 is 2.00 bits per heavy atom. The van der Waals surface area contributed by atoms with Gasteiger partial charge < -0.3 is 0 Å². The highest BCUT2D eigenvalue weighted by Crippen LogP contribution is 2.17. The zero-order valence-corrected chi connectivity index (χ0v) is 9.76. The van der Waals surface area contributed by atoms with Crippen LogP contribution in [0.15, 0.2) is 60.7 Å². The van der Waals surface area contributed by atoms with Crippen molar-refractivity contribution in [2.24, 2.45) is 0 Å². The molecule has 1 amide bonds. The number of nitrogens with one attached hydrogen (secondary N) is 1. The molecule has 0 spiro atoms. The molecule has 86 valence electrons. The first-order chi connectivity index (χ1) is 8.27. The molecular formula is C13H11ClN2O. The van der Waals surface area contributed by atoms with Crippen molar-refractivity contribution >= 4 is 28.3 Å². The van der Waals surface area contributed by atoms with Gasteiger partial charge in [-0.2, -0.15) is 0 Å². The second kappa shape index (κ2) is 5.37. The molecule has 0 saturated carbocycles. The first kappa shape index (κ1) is 11.5. The highest BCUT2D eigenvalue weighted by molar-refractivity contribution is 6.66. The van der Waals surface area contributed by atoms with Gasteiger partial charge in [0.2, 0.25) is 0 Å². The molecule has 4 heteroatoms. The second-order valence-corrected chi connectivity index (χ2v) is 3.73. The van der Waals surface area contributed by atoms with E-state index in [1.165, 1.54) is 5.01 Å². The molecule has 0 saturated heterocycles. The number of amides is 1. The number of hydrogen-bond acceptors (Lipinski definition) is 2. The predicted octanol–water partition coefficient (Wildman–Crippen LogP) is 3.88. The summed E-state index contributed by atoms with van der Waals surface area (Å²) >= 11 is 5.55. The summed E-state index contributed by atoms with van der Waals surface area (Å²) in [4.78, 5) is 11.4. The van der Waals surface area contributed by atoms with Gasteiger partial charge >= 0.3 is 5.37 Å². The van der Waals surface area contributed by atoms with Crippen LogP contribution in [0, 0.1) is 0 Å². The fourth-order valence-electron chi connectivity index (χ4n) is 1.43. The number of anilines is 2. The Labute approximate surface area is 105 Å². The molecule has 2 rings (SSSR count). The van der Waals surface area contributed by atoms with E-state index in [4.69, 9.17) is 11.6 Å². The number of benzene rings is 2. The van der Waals surface area contributed by atoms with Crippen molar-refractivity contribution in [3.63, 3.8) is 0 Å². The number of rotatable bonds is 3. The molecule has 0 atom stereocenters. The Kier molecular flexibility index (Phi) is 3.62. The highest BCUT2D eigenvalue weighted by atomic mass is 35.5. The molecule has 3 nitrogen and oxygen atoms in total. The summed E-state index contributed by atoms with van der Waals surface area (Å²) in [5.41, 5.74) is 4.43. The maximum atomic E-state index is 11.4. The van der Waals surface area contributed by atoms with Crippen LogP contribution >= 0.6 is 11.6 Å². The Hall–Kier alpha value is -2.00. The van der Waals surface area contributed by atoms with E-state index in [0.717, 1.165) is 5.69 Å². The minimum absolute atomic E-state index is 0.583. The smallest absolute Gasteiger partial charge is 0.290 e. The molecule has 0 bridgehead atoms. The van der Waals surface area contributed by atoms with E-state index in [2.05, 4.69) is 5.43 Å². The second-order valence-electron chi connectivity index (χ2n) is 3.40. The predicted molar refractivity (Wildman–Crippen MR) is 70.2 cm³/mol. The third-order valence-electron chi connectivity index (χ3n) is 2.20. The summed E-state index contributed by atoms with van der Waals surface area (Å²) in [6.45, 7) is 0. The highest BCUT2D eigenvalue weighted by Gasteiger charge is 2.12. The summed E-state index contributed by atoms with van der Waals surface area (Å²) in [5.74, 6) is 0. The van der Waals surface area contributed by atoms with E-state index >= 15 is 0 Å². The average Bonchev–Trinajstić information content (AvgIpc) is 2.38. The number of carbonyl (C=O) groups excluding carboxylic acids is 1. The van der Waals surface area contributed by atoms with Gasteiger partial charge in [-0.05, 0) is 35.9 Å². The van der Waals surface area contributed by atoms with E-state index in [-0.39, 0.29) is 0 Å². The van der Waals surface area contributed by atoms with Gasteiger partial charge in [0.25, 0.3) is 0 Å². The number of para-hydroxylation sites is 2. The molecule has 2 aromatic rings. The van der Waals surface area contributed by atoms with Gasteiger partial charge in [-0.25, -0.2) is 5.01 Å². The lowest BCUT2D eigenvalue weighted by Crippen LogP contribution is -2.31. The molecule has 2 aromatic carbocycles. The number of nitrogens with zero attached hydrogens (tertiary/aromatic N) is 1. The van der Waals surface area contributed by atoms with Crippen molar-refractivity contribution in [2.75, 3.05) is 10.4 Å². The summed E-state index contributed by atoms with van der Waals surface area (Å²) in [6.07, 6.45) is 0. The number of hydrazine groups is 1. The number of halogens is 1. The van der Waals surface area contributed by atoms with Crippen LogP contribution in [0.2, 0.25) is 0 Å². The van der Waals surface area contributed by atoms with Crippen LogP contribution < -0.4 is 10.4 Å². The Balaban J connectivity index is 2.23. The summed E-state index contributed by atoms with van der Waals surface area (Å²) in [7, 11) is 0. The standard InChI is InChI=1S/C13H11ClN2O/c14-13(17)16(12-9-5-2-6-10-12)15-11-7-3-1-4-8-11/h1-10,15H. The van der Waals surface area contributed by atoms with Crippen LogP contribution in [0.1, 0.15) is 0 Å². The largest absolute Gasteiger partial charge is 0.339 e. The average molecular weight is 247 g/mol. The Morgan fingerprint density at radius 2 is 1.47 bits per heavy atom. The van der Waals surface area contributed by atoms with Crippen molar-refractivity contribution in [1.82, 2.24) is 0 Å². The summed E-state index contributed by atoms with van der Waals surface area (Å²) < 4.78 is 0. The fraction of sp³-hybridized carbons (Fsp3) is 0. The van der Waals surface area contributed by atoms with Crippen LogP contribution in [0.25, 0.3) is 0 Å². The monoisotopic (exact) mass is 246 g/mol.